The molecule has 2 atom stereocenters. The number of aliphatic hydroxyl groups is 1. The highest BCUT2D eigenvalue weighted by molar-refractivity contribution is 6.21. The highest BCUT2D eigenvalue weighted by Gasteiger charge is 2.47. The first-order valence-electron chi connectivity index (χ1n) is 11.6. The molecule has 1 saturated heterocycles. The third-order valence-electron chi connectivity index (χ3n) is 6.10. The molecule has 33 heavy (non-hydrogen) atoms. The minimum atomic E-state index is -0.965. The molecular formula is C26H30N3O4+. The van der Waals surface area contributed by atoms with Gasteiger partial charge >= 0.3 is 6.23 Å². The lowest BCUT2D eigenvalue weighted by Crippen LogP contribution is -2.30. The van der Waals surface area contributed by atoms with Gasteiger partial charge in [0, 0.05) is 18.6 Å². The van der Waals surface area contributed by atoms with Crippen molar-refractivity contribution in [3.8, 4) is 5.75 Å². The Bertz CT molecular complexity index is 1080. The zero-order valence-electron chi connectivity index (χ0n) is 19.1. The summed E-state index contributed by atoms with van der Waals surface area (Å²) >= 11 is 0. The zero-order valence-corrected chi connectivity index (χ0v) is 19.1. The number of benzene rings is 2. The van der Waals surface area contributed by atoms with Crippen LogP contribution in [0.3, 0.4) is 0 Å². The predicted octanol–water partition coefficient (Wildman–Crippen LogP) is 4.93. The molecule has 7 heteroatoms. The molecule has 2 aliphatic heterocycles. The first kappa shape index (κ1) is 22.9. The smallest absolute Gasteiger partial charge is 0.311 e. The van der Waals surface area contributed by atoms with E-state index in [1.165, 1.54) is 22.4 Å². The molecule has 0 bridgehead atoms. The highest BCUT2D eigenvalue weighted by Crippen LogP contribution is 2.38. The molecule has 0 spiro atoms. The van der Waals surface area contributed by atoms with Gasteiger partial charge in [-0.15, -0.1) is 0 Å². The van der Waals surface area contributed by atoms with Crippen molar-refractivity contribution in [2.45, 2.75) is 52.2 Å². The second-order valence-corrected chi connectivity index (χ2v) is 8.45. The maximum absolute atomic E-state index is 13.2. The van der Waals surface area contributed by atoms with E-state index < -0.39 is 12.1 Å². The Balaban J connectivity index is 1.47. The Morgan fingerprint density at radius 1 is 1.06 bits per heavy atom. The van der Waals surface area contributed by atoms with Gasteiger partial charge in [-0.3, -0.25) is 9.59 Å². The summed E-state index contributed by atoms with van der Waals surface area (Å²) in [5, 5.41) is 15.2. The van der Waals surface area contributed by atoms with E-state index >= 15 is 0 Å². The average molecular weight is 449 g/mol. The summed E-state index contributed by atoms with van der Waals surface area (Å²) < 4.78 is 7.25. The van der Waals surface area contributed by atoms with Crippen LogP contribution in [0.2, 0.25) is 0 Å². The van der Waals surface area contributed by atoms with Gasteiger partial charge < -0.3 is 9.84 Å². The Kier molecular flexibility index (Phi) is 6.99. The third kappa shape index (κ3) is 4.73. The van der Waals surface area contributed by atoms with Crippen LogP contribution in [0.25, 0.3) is 0 Å². The van der Waals surface area contributed by atoms with Crippen molar-refractivity contribution in [1.82, 2.24) is 0 Å². The average Bonchev–Trinajstić information content (AvgIpc) is 3.29. The van der Waals surface area contributed by atoms with Crippen LogP contribution in [-0.4, -0.2) is 34.5 Å². The number of carbonyl (C=O) groups excluding carboxylic acids is 2. The summed E-state index contributed by atoms with van der Waals surface area (Å²) in [5.74, 6) is -0.595. The highest BCUT2D eigenvalue weighted by atomic mass is 16.5. The molecule has 0 aromatic heterocycles. The van der Waals surface area contributed by atoms with Gasteiger partial charge in [-0.2, -0.15) is 0 Å². The fraction of sp³-hybridized carbons (Fsp3) is 0.385. The molecule has 2 amide bonds. The van der Waals surface area contributed by atoms with E-state index in [0.29, 0.717) is 23.6 Å². The molecule has 0 aliphatic carbocycles. The van der Waals surface area contributed by atoms with Crippen LogP contribution in [0.15, 0.2) is 71.0 Å². The monoisotopic (exact) mass is 448 g/mol. The molecular weight excluding hydrogens is 418 g/mol. The molecule has 172 valence electrons. The molecule has 0 saturated carbocycles. The summed E-state index contributed by atoms with van der Waals surface area (Å²) in [5.41, 5.74) is 2.28. The number of amides is 2. The summed E-state index contributed by atoms with van der Waals surface area (Å²) in [4.78, 5) is 27.2. The summed E-state index contributed by atoms with van der Waals surface area (Å²) in [6.45, 7) is 4.57. The van der Waals surface area contributed by atoms with Gasteiger partial charge in [-0.1, -0.05) is 49.1 Å². The Labute approximate surface area is 194 Å². The fourth-order valence-electron chi connectivity index (χ4n) is 4.22. The summed E-state index contributed by atoms with van der Waals surface area (Å²) in [6, 6.07) is 16.3. The van der Waals surface area contributed by atoms with Crippen molar-refractivity contribution in [3.63, 3.8) is 0 Å². The molecule has 2 unspecified atom stereocenters. The molecule has 2 aliphatic rings. The number of imide groups is 1. The normalized spacial score (nSPS) is 20.6. The van der Waals surface area contributed by atoms with Crippen molar-refractivity contribution < 1.29 is 24.1 Å². The first-order chi connectivity index (χ1) is 16.0. The molecule has 1 fully saturated rings. The lowest BCUT2D eigenvalue weighted by molar-refractivity contribution is -0.576. The van der Waals surface area contributed by atoms with E-state index in [4.69, 9.17) is 4.74 Å². The predicted molar refractivity (Wildman–Crippen MR) is 124 cm³/mol. The minimum Gasteiger partial charge on any atom is -0.494 e. The maximum Gasteiger partial charge on any atom is 0.311 e. The summed E-state index contributed by atoms with van der Waals surface area (Å²) in [6.07, 6.45) is 3.59. The second-order valence-electron chi connectivity index (χ2n) is 8.45. The number of unbranched alkanes of at least 4 members (excludes halogenated alkanes) is 3. The van der Waals surface area contributed by atoms with Crippen molar-refractivity contribution in [3.05, 3.63) is 65.9 Å². The van der Waals surface area contributed by atoms with E-state index in [1.54, 1.807) is 31.2 Å². The van der Waals surface area contributed by atoms with Crippen molar-refractivity contribution in [2.24, 2.45) is 11.0 Å². The van der Waals surface area contributed by atoms with Gasteiger partial charge in [0.1, 0.15) is 11.4 Å². The van der Waals surface area contributed by atoms with E-state index in [9.17, 15) is 14.7 Å². The fourth-order valence-corrected chi connectivity index (χ4v) is 4.22. The number of carbonyl (C=O) groups is 2. The van der Waals surface area contributed by atoms with Crippen molar-refractivity contribution in [1.29, 1.82) is 0 Å². The molecule has 7 nitrogen and oxygen atoms in total. The van der Waals surface area contributed by atoms with Crippen molar-refractivity contribution >= 4 is 23.2 Å². The van der Waals surface area contributed by atoms with Crippen LogP contribution in [0.4, 0.5) is 11.4 Å². The lowest BCUT2D eigenvalue weighted by Gasteiger charge is -2.15. The van der Waals surface area contributed by atoms with E-state index in [2.05, 4.69) is 12.0 Å². The van der Waals surface area contributed by atoms with E-state index in [0.717, 1.165) is 24.3 Å². The van der Waals surface area contributed by atoms with Gasteiger partial charge in [0.2, 0.25) is 17.5 Å². The number of rotatable bonds is 9. The first-order valence-corrected chi connectivity index (χ1v) is 11.6. The van der Waals surface area contributed by atoms with Crippen LogP contribution in [0.5, 0.6) is 5.75 Å². The minimum absolute atomic E-state index is 0.0278. The summed E-state index contributed by atoms with van der Waals surface area (Å²) in [7, 11) is 0. The third-order valence-corrected chi connectivity index (χ3v) is 6.10. The molecule has 1 N–H and O–H groups in total. The van der Waals surface area contributed by atoms with Gasteiger partial charge in [-0.05, 0) is 42.7 Å². The number of hydrogen-bond donors (Lipinski definition) is 1. The Morgan fingerprint density at radius 3 is 2.48 bits per heavy atom. The van der Waals surface area contributed by atoms with Gasteiger partial charge in [0.25, 0.3) is 0 Å². The Morgan fingerprint density at radius 2 is 1.79 bits per heavy atom. The van der Waals surface area contributed by atoms with Gasteiger partial charge in [0.15, 0.2) is 0 Å². The van der Waals surface area contributed by atoms with E-state index in [1.807, 2.05) is 30.3 Å². The number of anilines is 1. The lowest BCUT2D eigenvalue weighted by atomic mass is 10.00. The molecule has 4 rings (SSSR count). The van der Waals surface area contributed by atoms with Crippen molar-refractivity contribution in [2.75, 3.05) is 11.5 Å². The number of azo groups is 2. The number of hydrogen-bond acceptors (Lipinski definition) is 5. The topological polar surface area (TPSA) is 82.2 Å². The van der Waals surface area contributed by atoms with Crippen LogP contribution in [0, 0.1) is 5.92 Å². The SMILES string of the molecule is CCCCCCOc1ccc(N2C(=O)CC(C3=C(C)C(O)[N+](c4ccccc4)=N3)C2=O)cc1. The zero-order chi connectivity index (χ0) is 23.4. The van der Waals surface area contributed by atoms with Crippen LogP contribution in [-0.2, 0) is 9.59 Å². The number of para-hydroxylation sites is 1. The molecule has 2 aromatic carbocycles. The maximum atomic E-state index is 13.2. The number of nitrogens with zero attached hydrogens (tertiary/aromatic N) is 3. The van der Waals surface area contributed by atoms with Gasteiger partial charge in [0.05, 0.1) is 23.8 Å². The molecule has 0 radical (unpaired) electrons. The van der Waals surface area contributed by atoms with Crippen LogP contribution in [0.1, 0.15) is 46.0 Å². The van der Waals surface area contributed by atoms with E-state index in [-0.39, 0.29) is 18.2 Å². The number of ether oxygens (including phenoxy) is 1. The quantitative estimate of drug-likeness (QED) is 0.335. The second kappa shape index (κ2) is 10.1. The van der Waals surface area contributed by atoms with Crippen LogP contribution < -0.4 is 9.64 Å². The largest absolute Gasteiger partial charge is 0.494 e. The molecule has 2 aromatic rings. The Hall–Kier alpha value is -3.32. The van der Waals surface area contributed by atoms with Gasteiger partial charge in [-0.25, -0.2) is 4.90 Å². The standard InChI is InChI=1S/C26H30N3O4/c1-3-4-5-9-16-33-21-14-12-19(13-15-21)28-23(30)17-22(26(28)32)24-18(2)25(31)29(27-24)20-10-7-6-8-11-20/h6-8,10-15,22,25,31H,3-5,9,16-17H2,1-2H3/q+1. The van der Waals surface area contributed by atoms with Crippen LogP contribution >= 0.6 is 0 Å². The number of aliphatic hydroxyl groups excluding tert-OH is 1. The molecule has 2 heterocycles.